The fraction of sp³-hybridized carbons (Fsp3) is 0.286. The lowest BCUT2D eigenvalue weighted by Gasteiger charge is -2.06. The van der Waals surface area contributed by atoms with E-state index in [-0.39, 0.29) is 24.2 Å². The first kappa shape index (κ1) is 17.2. The molecule has 118 valence electrons. The molecule has 0 spiro atoms. The molecule has 0 radical (unpaired) electrons. The van der Waals surface area contributed by atoms with Crippen LogP contribution in [-0.4, -0.2) is 51.1 Å². The van der Waals surface area contributed by atoms with Crippen LogP contribution in [0.15, 0.2) is 24.3 Å². The average molecular weight is 308 g/mol. The highest BCUT2D eigenvalue weighted by molar-refractivity contribution is 5.99. The van der Waals surface area contributed by atoms with Crippen LogP contribution in [0.1, 0.15) is 20.7 Å². The number of methoxy groups -OCH3 is 2. The average Bonchev–Trinajstić information content (AvgIpc) is 2.56. The van der Waals surface area contributed by atoms with E-state index in [9.17, 15) is 19.2 Å². The number of carbonyl (C=O) groups excluding carboxylic acids is 4. The Morgan fingerprint density at radius 1 is 0.773 bits per heavy atom. The third kappa shape index (κ3) is 5.23. The topological polar surface area (TPSA) is 111 Å². The number of hydrogen-bond donors (Lipinski definition) is 2. The fourth-order valence-electron chi connectivity index (χ4n) is 1.43. The van der Waals surface area contributed by atoms with Crippen LogP contribution in [0.2, 0.25) is 0 Å². The maximum Gasteiger partial charge on any atom is 0.325 e. The minimum atomic E-state index is -0.563. The Morgan fingerprint density at radius 2 is 1.09 bits per heavy atom. The summed E-state index contributed by atoms with van der Waals surface area (Å²) in [6.07, 6.45) is 0. The van der Waals surface area contributed by atoms with Crippen molar-refractivity contribution in [1.82, 2.24) is 10.6 Å². The monoisotopic (exact) mass is 308 g/mol. The van der Waals surface area contributed by atoms with Crippen molar-refractivity contribution in [3.05, 3.63) is 35.4 Å². The molecule has 0 atom stereocenters. The maximum absolute atomic E-state index is 11.7. The van der Waals surface area contributed by atoms with Gasteiger partial charge in [0.25, 0.3) is 11.8 Å². The SMILES string of the molecule is COC(=O)CNC(=O)c1ccc(C(=O)NCC(=O)OC)cc1. The molecule has 0 fully saturated rings. The number of hydrogen-bond acceptors (Lipinski definition) is 6. The lowest BCUT2D eigenvalue weighted by atomic mass is 10.1. The highest BCUT2D eigenvalue weighted by atomic mass is 16.5. The summed E-state index contributed by atoms with van der Waals surface area (Å²) in [7, 11) is 2.44. The fourth-order valence-corrected chi connectivity index (χ4v) is 1.43. The minimum absolute atomic E-state index is 0.239. The Kier molecular flexibility index (Phi) is 6.55. The maximum atomic E-state index is 11.7. The molecule has 0 heterocycles. The Labute approximate surface area is 126 Å². The van der Waals surface area contributed by atoms with Crippen molar-refractivity contribution in [3.8, 4) is 0 Å². The third-order valence-electron chi connectivity index (χ3n) is 2.65. The molecule has 0 aliphatic heterocycles. The highest BCUT2D eigenvalue weighted by Crippen LogP contribution is 2.04. The Balaban J connectivity index is 2.58. The van der Waals surface area contributed by atoms with Crippen LogP contribution >= 0.6 is 0 Å². The summed E-state index contributed by atoms with van der Waals surface area (Å²) in [5, 5.41) is 4.74. The van der Waals surface area contributed by atoms with Crippen LogP contribution in [0.3, 0.4) is 0 Å². The van der Waals surface area contributed by atoms with Gasteiger partial charge >= 0.3 is 11.9 Å². The molecular formula is C14H16N2O6. The molecule has 0 saturated carbocycles. The largest absolute Gasteiger partial charge is 0.468 e. The number of ether oxygens (including phenoxy) is 2. The number of amides is 2. The van der Waals surface area contributed by atoms with Crippen LogP contribution in [0, 0.1) is 0 Å². The second kappa shape index (κ2) is 8.40. The van der Waals surface area contributed by atoms with Gasteiger partial charge in [-0.25, -0.2) is 0 Å². The third-order valence-corrected chi connectivity index (χ3v) is 2.65. The second-order valence-corrected chi connectivity index (χ2v) is 4.09. The predicted molar refractivity (Wildman–Crippen MR) is 75.1 cm³/mol. The predicted octanol–water partition coefficient (Wildman–Crippen LogP) is -0.508. The first-order valence-corrected chi connectivity index (χ1v) is 6.28. The first-order chi connectivity index (χ1) is 10.5. The van der Waals surface area contributed by atoms with Gasteiger partial charge in [-0.15, -0.1) is 0 Å². The summed E-state index contributed by atoms with van der Waals surface area (Å²) in [6, 6.07) is 5.72. The zero-order valence-electron chi connectivity index (χ0n) is 12.2. The molecule has 0 aliphatic carbocycles. The van der Waals surface area contributed by atoms with Crippen molar-refractivity contribution in [1.29, 1.82) is 0 Å². The number of esters is 2. The molecule has 8 heteroatoms. The van der Waals surface area contributed by atoms with E-state index in [2.05, 4.69) is 20.1 Å². The summed E-state index contributed by atoms with van der Waals surface area (Å²) >= 11 is 0. The van der Waals surface area contributed by atoms with E-state index in [1.165, 1.54) is 38.5 Å². The van der Waals surface area contributed by atoms with E-state index in [1.807, 2.05) is 0 Å². The normalized spacial score (nSPS) is 9.55. The van der Waals surface area contributed by atoms with Crippen molar-refractivity contribution >= 4 is 23.8 Å². The zero-order valence-corrected chi connectivity index (χ0v) is 12.2. The quantitative estimate of drug-likeness (QED) is 0.685. The van der Waals surface area contributed by atoms with E-state index < -0.39 is 23.8 Å². The van der Waals surface area contributed by atoms with Gasteiger partial charge in [-0.2, -0.15) is 0 Å². The van der Waals surface area contributed by atoms with Crippen molar-refractivity contribution in [2.24, 2.45) is 0 Å². The van der Waals surface area contributed by atoms with E-state index in [0.717, 1.165) is 0 Å². The Morgan fingerprint density at radius 3 is 1.36 bits per heavy atom. The first-order valence-electron chi connectivity index (χ1n) is 6.28. The molecule has 0 aliphatic rings. The molecule has 0 aromatic heterocycles. The van der Waals surface area contributed by atoms with Gasteiger partial charge in [-0.1, -0.05) is 0 Å². The van der Waals surface area contributed by atoms with Crippen molar-refractivity contribution in [2.45, 2.75) is 0 Å². The van der Waals surface area contributed by atoms with E-state index >= 15 is 0 Å². The summed E-state index contributed by atoms with van der Waals surface area (Å²) in [6.45, 7) is -0.479. The van der Waals surface area contributed by atoms with Gasteiger partial charge in [0.15, 0.2) is 0 Å². The highest BCUT2D eigenvalue weighted by Gasteiger charge is 2.11. The molecule has 2 amide bonds. The van der Waals surface area contributed by atoms with Gasteiger partial charge in [0, 0.05) is 11.1 Å². The molecule has 22 heavy (non-hydrogen) atoms. The van der Waals surface area contributed by atoms with Crippen LogP contribution in [0.4, 0.5) is 0 Å². The Hall–Kier alpha value is -2.90. The smallest absolute Gasteiger partial charge is 0.325 e. The molecule has 1 aromatic carbocycles. The number of rotatable bonds is 6. The summed E-state index contributed by atoms with van der Waals surface area (Å²) in [5.74, 6) is -2.06. The van der Waals surface area contributed by atoms with Gasteiger partial charge in [-0.05, 0) is 24.3 Å². The zero-order chi connectivity index (χ0) is 16.5. The molecule has 0 saturated heterocycles. The summed E-state index contributed by atoms with van der Waals surface area (Å²) in [4.78, 5) is 45.3. The van der Waals surface area contributed by atoms with Gasteiger partial charge in [0.05, 0.1) is 14.2 Å². The second-order valence-electron chi connectivity index (χ2n) is 4.09. The van der Waals surface area contributed by atoms with Crippen molar-refractivity contribution in [2.75, 3.05) is 27.3 Å². The van der Waals surface area contributed by atoms with Gasteiger partial charge < -0.3 is 20.1 Å². The summed E-state index contributed by atoms with van der Waals surface area (Å²) < 4.78 is 8.80. The lowest BCUT2D eigenvalue weighted by molar-refractivity contribution is -0.140. The molecule has 0 unspecified atom stereocenters. The Bertz CT molecular complexity index is 516. The summed E-state index contributed by atoms with van der Waals surface area (Å²) in [5.41, 5.74) is 0.571. The van der Waals surface area contributed by atoms with Crippen LogP contribution in [0.5, 0.6) is 0 Å². The molecule has 1 rings (SSSR count). The van der Waals surface area contributed by atoms with E-state index in [0.29, 0.717) is 0 Å². The van der Waals surface area contributed by atoms with Gasteiger partial charge in [0.1, 0.15) is 13.1 Å². The minimum Gasteiger partial charge on any atom is -0.468 e. The number of benzene rings is 1. The molecule has 8 nitrogen and oxygen atoms in total. The van der Waals surface area contributed by atoms with Crippen LogP contribution < -0.4 is 10.6 Å². The van der Waals surface area contributed by atoms with E-state index in [4.69, 9.17) is 0 Å². The number of nitrogens with one attached hydrogen (secondary N) is 2. The van der Waals surface area contributed by atoms with E-state index in [1.54, 1.807) is 0 Å². The molecule has 1 aromatic rings. The van der Waals surface area contributed by atoms with Crippen molar-refractivity contribution in [3.63, 3.8) is 0 Å². The number of carbonyl (C=O) groups is 4. The molecular weight excluding hydrogens is 292 g/mol. The lowest BCUT2D eigenvalue weighted by Crippen LogP contribution is -2.31. The van der Waals surface area contributed by atoms with Crippen LogP contribution in [-0.2, 0) is 19.1 Å². The van der Waals surface area contributed by atoms with Gasteiger partial charge in [-0.3, -0.25) is 19.2 Å². The van der Waals surface area contributed by atoms with Crippen molar-refractivity contribution < 1.29 is 28.7 Å². The molecule has 0 bridgehead atoms. The van der Waals surface area contributed by atoms with Gasteiger partial charge in [0.2, 0.25) is 0 Å². The van der Waals surface area contributed by atoms with Crippen LogP contribution in [0.25, 0.3) is 0 Å². The standard InChI is InChI=1S/C14H16N2O6/c1-21-11(17)7-15-13(19)9-3-5-10(6-4-9)14(20)16-8-12(18)22-2/h3-6H,7-8H2,1-2H3,(H,15,19)(H,16,20). The molecule has 2 N–H and O–H groups in total.